The molecule has 0 fully saturated rings. The van der Waals surface area contributed by atoms with Crippen molar-refractivity contribution in [1.29, 1.82) is 0 Å². The highest BCUT2D eigenvalue weighted by atomic mass is 79.9. The van der Waals surface area contributed by atoms with Crippen molar-refractivity contribution in [3.8, 4) is 0 Å². The van der Waals surface area contributed by atoms with E-state index in [1.165, 1.54) is 99.7 Å². The maximum absolute atomic E-state index is 13.8. The van der Waals surface area contributed by atoms with Crippen molar-refractivity contribution in [2.24, 2.45) is 0 Å². The standard InChI is InChI=1S/C38H52Br2N2O4/c1-3-5-7-9-11-13-15-17-19-21-23-41-35(43)27-25-30(40)34-32-28(26-29(39)33(31(27)32)37(41)45)36(44)42(38(34)46)24-22-20-18-16-14-12-10-8-6-4-2/h25-26H,3-24H2,1-2H3. The van der Waals surface area contributed by atoms with Gasteiger partial charge in [0.2, 0.25) is 0 Å². The van der Waals surface area contributed by atoms with E-state index < -0.39 is 0 Å². The fraction of sp³-hybridized carbons (Fsp3) is 0.632. The van der Waals surface area contributed by atoms with Gasteiger partial charge in [-0.15, -0.1) is 0 Å². The van der Waals surface area contributed by atoms with Crippen LogP contribution in [-0.2, 0) is 0 Å². The van der Waals surface area contributed by atoms with Crippen LogP contribution in [0, 0.1) is 0 Å². The van der Waals surface area contributed by atoms with E-state index in [1.54, 1.807) is 12.1 Å². The zero-order valence-electron chi connectivity index (χ0n) is 28.0. The van der Waals surface area contributed by atoms with Crippen LogP contribution in [-0.4, -0.2) is 46.5 Å². The zero-order valence-corrected chi connectivity index (χ0v) is 31.2. The van der Waals surface area contributed by atoms with Crippen molar-refractivity contribution in [3.63, 3.8) is 0 Å². The van der Waals surface area contributed by atoms with E-state index in [1.807, 2.05) is 0 Å². The molecule has 0 spiro atoms. The second-order valence-corrected chi connectivity index (χ2v) is 14.9. The van der Waals surface area contributed by atoms with E-state index in [-0.39, 0.29) is 23.6 Å². The van der Waals surface area contributed by atoms with Gasteiger partial charge in [0, 0.05) is 43.9 Å². The Bertz CT molecular complexity index is 1300. The van der Waals surface area contributed by atoms with E-state index in [0.29, 0.717) is 55.1 Å². The number of hydrogen-bond acceptors (Lipinski definition) is 4. The monoisotopic (exact) mass is 758 g/mol. The lowest BCUT2D eigenvalue weighted by Gasteiger charge is -2.33. The minimum Gasteiger partial charge on any atom is -0.274 e. The summed E-state index contributed by atoms with van der Waals surface area (Å²) in [6.45, 7) is 5.17. The van der Waals surface area contributed by atoms with Crippen LogP contribution in [0.25, 0.3) is 10.8 Å². The van der Waals surface area contributed by atoms with E-state index >= 15 is 0 Å². The van der Waals surface area contributed by atoms with Gasteiger partial charge in [-0.1, -0.05) is 129 Å². The molecule has 2 aromatic carbocycles. The summed E-state index contributed by atoms with van der Waals surface area (Å²) in [5.74, 6) is -1.46. The minimum absolute atomic E-state index is 0.354. The Morgan fingerprint density at radius 1 is 0.435 bits per heavy atom. The third-order valence-electron chi connectivity index (χ3n) is 9.65. The zero-order chi connectivity index (χ0) is 33.1. The lowest BCUT2D eigenvalue weighted by atomic mass is 9.85. The molecule has 4 rings (SSSR count). The highest BCUT2D eigenvalue weighted by Gasteiger charge is 2.41. The summed E-state index contributed by atoms with van der Waals surface area (Å²) < 4.78 is 0.966. The SMILES string of the molecule is CCCCCCCCCCCCN1C(=O)c2cc(Br)c3c4c(cc(Br)c(c24)C1=O)C(=O)N(CCCCCCCCCCCC)C3=O. The molecule has 0 bridgehead atoms. The van der Waals surface area contributed by atoms with Crippen molar-refractivity contribution in [2.45, 2.75) is 142 Å². The maximum Gasteiger partial charge on any atom is 0.262 e. The fourth-order valence-corrected chi connectivity index (χ4v) is 8.18. The summed E-state index contributed by atoms with van der Waals surface area (Å²) in [7, 11) is 0. The van der Waals surface area contributed by atoms with Crippen LogP contribution in [0.4, 0.5) is 0 Å². The normalized spacial score (nSPS) is 14.3. The molecule has 0 radical (unpaired) electrons. The number of carbonyl (C=O) groups excluding carboxylic acids is 4. The van der Waals surface area contributed by atoms with Gasteiger partial charge in [-0.2, -0.15) is 0 Å². The molecule has 2 aliphatic rings. The van der Waals surface area contributed by atoms with Crippen LogP contribution in [0.1, 0.15) is 184 Å². The van der Waals surface area contributed by atoms with Crippen LogP contribution in [0.5, 0.6) is 0 Å². The third-order valence-corrected chi connectivity index (χ3v) is 10.9. The molecule has 0 saturated carbocycles. The van der Waals surface area contributed by atoms with Crippen LogP contribution < -0.4 is 0 Å². The topological polar surface area (TPSA) is 74.8 Å². The predicted molar refractivity (Wildman–Crippen MR) is 194 cm³/mol. The average Bonchev–Trinajstić information content (AvgIpc) is 3.03. The van der Waals surface area contributed by atoms with Crippen LogP contribution >= 0.6 is 31.9 Å². The number of halogens is 2. The number of unbranched alkanes of at least 4 members (excludes halogenated alkanes) is 18. The first-order valence-electron chi connectivity index (χ1n) is 18.0. The smallest absolute Gasteiger partial charge is 0.262 e. The lowest BCUT2D eigenvalue weighted by molar-refractivity contribution is 0.0585. The van der Waals surface area contributed by atoms with Gasteiger partial charge in [0.1, 0.15) is 0 Å². The second kappa shape index (κ2) is 18.5. The van der Waals surface area contributed by atoms with E-state index in [0.717, 1.165) is 38.5 Å². The molecular weight excluding hydrogens is 708 g/mol. The Labute approximate surface area is 292 Å². The first kappa shape index (κ1) is 36.8. The molecule has 8 heteroatoms. The number of nitrogens with zero attached hydrogens (tertiary/aromatic N) is 2. The number of hydrogen-bond donors (Lipinski definition) is 0. The van der Waals surface area contributed by atoms with Crippen LogP contribution in [0.2, 0.25) is 0 Å². The van der Waals surface area contributed by atoms with Gasteiger partial charge >= 0.3 is 0 Å². The van der Waals surface area contributed by atoms with Gasteiger partial charge in [0.05, 0.1) is 11.1 Å². The number of rotatable bonds is 22. The van der Waals surface area contributed by atoms with Gasteiger partial charge in [0.15, 0.2) is 0 Å². The summed E-state index contributed by atoms with van der Waals surface area (Å²) >= 11 is 7.14. The summed E-state index contributed by atoms with van der Waals surface area (Å²) in [4.78, 5) is 57.7. The first-order valence-corrected chi connectivity index (χ1v) is 19.6. The van der Waals surface area contributed by atoms with E-state index in [9.17, 15) is 19.2 Å². The van der Waals surface area contributed by atoms with E-state index in [4.69, 9.17) is 0 Å². The molecule has 4 amide bonds. The minimum atomic E-state index is -0.368. The first-order chi connectivity index (χ1) is 22.3. The van der Waals surface area contributed by atoms with Gasteiger partial charge in [0.25, 0.3) is 23.6 Å². The molecule has 2 aromatic rings. The van der Waals surface area contributed by atoms with Crippen molar-refractivity contribution >= 4 is 66.3 Å². The Balaban J connectivity index is 1.39. The Hall–Kier alpha value is -2.06. The van der Waals surface area contributed by atoms with Crippen LogP contribution in [0.15, 0.2) is 21.1 Å². The molecule has 0 atom stereocenters. The van der Waals surface area contributed by atoms with Gasteiger partial charge in [-0.05, 0) is 56.8 Å². The summed E-state index contributed by atoms with van der Waals surface area (Å²) in [5, 5.41) is 0.828. The molecule has 2 aliphatic heterocycles. The highest BCUT2D eigenvalue weighted by Crippen LogP contribution is 2.44. The Kier molecular flexibility index (Phi) is 14.8. The predicted octanol–water partition coefficient (Wildman–Crippen LogP) is 11.4. The number of imide groups is 2. The largest absolute Gasteiger partial charge is 0.274 e. The van der Waals surface area contributed by atoms with Gasteiger partial charge in [-0.3, -0.25) is 29.0 Å². The summed E-state index contributed by atoms with van der Waals surface area (Å²) in [6, 6.07) is 3.34. The van der Waals surface area contributed by atoms with Crippen molar-refractivity contribution in [1.82, 2.24) is 9.80 Å². The van der Waals surface area contributed by atoms with Crippen molar-refractivity contribution < 1.29 is 19.2 Å². The Morgan fingerprint density at radius 3 is 1.02 bits per heavy atom. The molecule has 46 heavy (non-hydrogen) atoms. The van der Waals surface area contributed by atoms with Crippen LogP contribution in [0.3, 0.4) is 0 Å². The number of carbonyl (C=O) groups is 4. The molecule has 252 valence electrons. The summed E-state index contributed by atoms with van der Waals surface area (Å²) in [6.07, 6.45) is 23.4. The van der Waals surface area contributed by atoms with E-state index in [2.05, 4.69) is 45.7 Å². The number of benzene rings is 2. The average molecular weight is 761 g/mol. The molecule has 0 aromatic heterocycles. The maximum atomic E-state index is 13.8. The van der Waals surface area contributed by atoms with Gasteiger partial charge < -0.3 is 0 Å². The highest BCUT2D eigenvalue weighted by molar-refractivity contribution is 9.10. The molecule has 0 saturated heterocycles. The second-order valence-electron chi connectivity index (χ2n) is 13.2. The molecule has 0 aliphatic carbocycles. The number of amides is 4. The lowest BCUT2D eigenvalue weighted by Crippen LogP contribution is -2.44. The Morgan fingerprint density at radius 2 is 0.717 bits per heavy atom. The third kappa shape index (κ3) is 8.69. The quantitative estimate of drug-likeness (QED) is 0.0885. The molecule has 6 nitrogen and oxygen atoms in total. The molecule has 0 unspecified atom stereocenters. The van der Waals surface area contributed by atoms with Gasteiger partial charge in [-0.25, -0.2) is 0 Å². The van der Waals surface area contributed by atoms with Crippen molar-refractivity contribution in [2.75, 3.05) is 13.1 Å². The van der Waals surface area contributed by atoms with Crippen molar-refractivity contribution in [3.05, 3.63) is 43.3 Å². The molecule has 2 heterocycles. The molecule has 0 N–H and O–H groups in total. The molecular formula is C38H52Br2N2O4. The summed E-state index contributed by atoms with van der Waals surface area (Å²) in [5.41, 5.74) is 1.44. The fourth-order valence-electron chi connectivity index (χ4n) is 6.99.